The van der Waals surface area contributed by atoms with Crippen LogP contribution in [0.3, 0.4) is 0 Å². The van der Waals surface area contributed by atoms with Gasteiger partial charge in [0.2, 0.25) is 0 Å². The first kappa shape index (κ1) is 11.5. The van der Waals surface area contributed by atoms with Crippen molar-refractivity contribution in [3.05, 3.63) is 30.3 Å². The quantitative estimate of drug-likeness (QED) is 0.753. The van der Waals surface area contributed by atoms with Gasteiger partial charge < -0.3 is 4.90 Å². The first-order chi connectivity index (χ1) is 7.65. The molecule has 0 saturated carbocycles. The second-order valence-corrected chi connectivity index (χ2v) is 5.19. The van der Waals surface area contributed by atoms with E-state index in [0.717, 1.165) is 23.1 Å². The van der Waals surface area contributed by atoms with Crippen molar-refractivity contribution in [1.82, 2.24) is 4.90 Å². The molecule has 0 radical (unpaired) electrons. The number of β-lactam (4-membered cyclic amide) rings is 1. The van der Waals surface area contributed by atoms with Gasteiger partial charge in [-0.15, -0.1) is 0 Å². The Hall–Kier alpha value is -1.03. The van der Waals surface area contributed by atoms with Gasteiger partial charge in [-0.3, -0.25) is 4.79 Å². The summed E-state index contributed by atoms with van der Waals surface area (Å²) in [7, 11) is 0. The standard InChI is InChI=1S/C12H14FNOS/c1-2-8-14-9-12(13,11(14)15)16-10-6-4-3-5-7-10/h3-7H,2,8-9H2,1H3. The maximum atomic E-state index is 14.1. The Morgan fingerprint density at radius 1 is 1.44 bits per heavy atom. The van der Waals surface area contributed by atoms with Crippen LogP contribution in [0.1, 0.15) is 13.3 Å². The molecule has 0 bridgehead atoms. The van der Waals surface area contributed by atoms with Crippen LogP contribution in [0.4, 0.5) is 4.39 Å². The van der Waals surface area contributed by atoms with Gasteiger partial charge in [-0.25, -0.2) is 4.39 Å². The molecule has 1 saturated heterocycles. The van der Waals surface area contributed by atoms with Gasteiger partial charge >= 0.3 is 0 Å². The van der Waals surface area contributed by atoms with Crippen molar-refractivity contribution in [2.75, 3.05) is 13.1 Å². The molecule has 0 spiro atoms. The van der Waals surface area contributed by atoms with Gasteiger partial charge in [-0.05, 0) is 18.6 Å². The van der Waals surface area contributed by atoms with Crippen LogP contribution >= 0.6 is 11.8 Å². The number of benzene rings is 1. The number of likely N-dealkylation sites (tertiary alicyclic amines) is 1. The molecule has 1 heterocycles. The summed E-state index contributed by atoms with van der Waals surface area (Å²) in [6, 6.07) is 9.21. The molecule has 1 fully saturated rings. The predicted molar refractivity (Wildman–Crippen MR) is 63.0 cm³/mol. The third-order valence-electron chi connectivity index (χ3n) is 2.52. The zero-order chi connectivity index (χ0) is 11.6. The number of alkyl halides is 1. The van der Waals surface area contributed by atoms with Crippen molar-refractivity contribution in [3.63, 3.8) is 0 Å². The largest absolute Gasteiger partial charge is 0.334 e. The van der Waals surface area contributed by atoms with E-state index in [4.69, 9.17) is 0 Å². The van der Waals surface area contributed by atoms with E-state index in [0.29, 0.717) is 6.54 Å². The SMILES string of the molecule is CCCN1CC(F)(Sc2ccccc2)C1=O. The third kappa shape index (κ3) is 2.07. The molecule has 1 aliphatic rings. The summed E-state index contributed by atoms with van der Waals surface area (Å²) < 4.78 is 14.1. The first-order valence-electron chi connectivity index (χ1n) is 5.38. The maximum Gasteiger partial charge on any atom is 0.273 e. The fourth-order valence-corrected chi connectivity index (χ4v) is 2.84. The van der Waals surface area contributed by atoms with Crippen LogP contribution in [0, 0.1) is 0 Å². The molecule has 1 unspecified atom stereocenters. The number of rotatable bonds is 4. The molecule has 0 N–H and O–H groups in total. The number of hydrogen-bond acceptors (Lipinski definition) is 2. The topological polar surface area (TPSA) is 20.3 Å². The van der Waals surface area contributed by atoms with Crippen LogP contribution in [0.2, 0.25) is 0 Å². The lowest BCUT2D eigenvalue weighted by Gasteiger charge is -2.42. The molecule has 4 heteroatoms. The molecule has 1 aliphatic heterocycles. The minimum atomic E-state index is -1.74. The zero-order valence-electron chi connectivity index (χ0n) is 9.15. The van der Waals surface area contributed by atoms with Crippen molar-refractivity contribution in [2.24, 2.45) is 0 Å². The molecule has 0 aromatic heterocycles. The zero-order valence-corrected chi connectivity index (χ0v) is 9.97. The Morgan fingerprint density at radius 3 is 2.69 bits per heavy atom. The molecule has 1 aromatic rings. The number of carbonyl (C=O) groups is 1. The Morgan fingerprint density at radius 2 is 2.12 bits per heavy atom. The molecule has 1 atom stereocenters. The van der Waals surface area contributed by atoms with Crippen molar-refractivity contribution in [1.29, 1.82) is 0 Å². The molecule has 16 heavy (non-hydrogen) atoms. The average molecular weight is 239 g/mol. The van der Waals surface area contributed by atoms with Crippen LogP contribution in [0.15, 0.2) is 35.2 Å². The van der Waals surface area contributed by atoms with E-state index >= 15 is 0 Å². The van der Waals surface area contributed by atoms with Crippen LogP contribution in [-0.4, -0.2) is 28.9 Å². The van der Waals surface area contributed by atoms with E-state index in [2.05, 4.69) is 0 Å². The highest BCUT2D eigenvalue weighted by atomic mass is 32.2. The Labute approximate surface area is 98.8 Å². The van der Waals surface area contributed by atoms with E-state index in [-0.39, 0.29) is 12.5 Å². The second-order valence-electron chi connectivity index (χ2n) is 3.87. The summed E-state index contributed by atoms with van der Waals surface area (Å²) in [6.07, 6.45) is 0.873. The molecule has 1 amide bonds. The molecule has 1 aromatic carbocycles. The highest BCUT2D eigenvalue weighted by molar-refractivity contribution is 8.01. The second kappa shape index (κ2) is 4.45. The molecule has 2 rings (SSSR count). The summed E-state index contributed by atoms with van der Waals surface area (Å²) in [5.74, 6) is -0.386. The molecule has 2 nitrogen and oxygen atoms in total. The lowest BCUT2D eigenvalue weighted by molar-refractivity contribution is -0.152. The Bertz CT molecular complexity index is 384. The summed E-state index contributed by atoms with van der Waals surface area (Å²) in [4.78, 5) is 14.0. The average Bonchev–Trinajstić information content (AvgIpc) is 2.30. The minimum absolute atomic E-state index is 0.208. The smallest absolute Gasteiger partial charge is 0.273 e. The highest BCUT2D eigenvalue weighted by Gasteiger charge is 2.53. The van der Waals surface area contributed by atoms with Crippen molar-refractivity contribution < 1.29 is 9.18 Å². The first-order valence-corrected chi connectivity index (χ1v) is 6.20. The highest BCUT2D eigenvalue weighted by Crippen LogP contribution is 2.42. The predicted octanol–water partition coefficient (Wildman–Crippen LogP) is 2.70. The van der Waals surface area contributed by atoms with Gasteiger partial charge in [-0.2, -0.15) is 0 Å². The number of nitrogens with zero attached hydrogens (tertiary/aromatic N) is 1. The van der Waals surface area contributed by atoms with Gasteiger partial charge in [0.05, 0.1) is 6.54 Å². The molecular weight excluding hydrogens is 225 g/mol. The van der Waals surface area contributed by atoms with Crippen molar-refractivity contribution >= 4 is 17.7 Å². The fourth-order valence-electron chi connectivity index (χ4n) is 1.73. The van der Waals surface area contributed by atoms with E-state index in [1.54, 1.807) is 4.90 Å². The minimum Gasteiger partial charge on any atom is -0.334 e. The fraction of sp³-hybridized carbons (Fsp3) is 0.417. The number of halogens is 1. The van der Waals surface area contributed by atoms with Gasteiger partial charge in [0.15, 0.2) is 0 Å². The molecular formula is C12H14FNOS. The molecule has 86 valence electrons. The summed E-state index contributed by atoms with van der Waals surface area (Å²) in [5.41, 5.74) is 0. The Balaban J connectivity index is 1.99. The lowest BCUT2D eigenvalue weighted by Crippen LogP contribution is -2.62. The van der Waals surface area contributed by atoms with Crippen LogP contribution in [-0.2, 0) is 4.79 Å². The van der Waals surface area contributed by atoms with Crippen molar-refractivity contribution in [2.45, 2.75) is 23.2 Å². The van der Waals surface area contributed by atoms with Gasteiger partial charge in [0.25, 0.3) is 10.9 Å². The molecule has 0 aliphatic carbocycles. The van der Waals surface area contributed by atoms with E-state index in [1.165, 1.54) is 0 Å². The summed E-state index contributed by atoms with van der Waals surface area (Å²) >= 11 is 1.01. The van der Waals surface area contributed by atoms with E-state index in [1.807, 2.05) is 37.3 Å². The van der Waals surface area contributed by atoms with E-state index < -0.39 is 5.00 Å². The van der Waals surface area contributed by atoms with E-state index in [9.17, 15) is 9.18 Å². The van der Waals surface area contributed by atoms with Crippen molar-refractivity contribution in [3.8, 4) is 0 Å². The van der Waals surface area contributed by atoms with Crippen LogP contribution in [0.5, 0.6) is 0 Å². The number of hydrogen-bond donors (Lipinski definition) is 0. The number of amides is 1. The maximum absolute atomic E-state index is 14.1. The van der Waals surface area contributed by atoms with Crippen LogP contribution < -0.4 is 0 Å². The monoisotopic (exact) mass is 239 g/mol. The number of carbonyl (C=O) groups excluding carboxylic acids is 1. The van der Waals surface area contributed by atoms with Gasteiger partial charge in [0.1, 0.15) is 0 Å². The van der Waals surface area contributed by atoms with Gasteiger partial charge in [0, 0.05) is 11.4 Å². The summed E-state index contributed by atoms with van der Waals surface area (Å²) in [5, 5.41) is -1.74. The number of thioether (sulfide) groups is 1. The lowest BCUT2D eigenvalue weighted by atomic mass is 10.1. The normalized spacial score (nSPS) is 24.4. The Kier molecular flexibility index (Phi) is 3.19. The summed E-state index contributed by atoms with van der Waals surface area (Å²) in [6.45, 7) is 2.84. The third-order valence-corrected chi connectivity index (χ3v) is 3.65. The van der Waals surface area contributed by atoms with Crippen LogP contribution in [0.25, 0.3) is 0 Å². The van der Waals surface area contributed by atoms with Gasteiger partial charge in [-0.1, -0.05) is 36.9 Å².